The van der Waals surface area contributed by atoms with Crippen LogP contribution in [0.2, 0.25) is 0 Å². The highest BCUT2D eigenvalue weighted by molar-refractivity contribution is 7.90. The molecular formula is C12H18N2O3S. The van der Waals surface area contributed by atoms with E-state index in [2.05, 4.69) is 0 Å². The third kappa shape index (κ3) is 3.54. The van der Waals surface area contributed by atoms with Gasteiger partial charge >= 0.3 is 0 Å². The summed E-state index contributed by atoms with van der Waals surface area (Å²) in [5.41, 5.74) is 5.20. The smallest absolute Gasteiger partial charge is 0.264 e. The van der Waals surface area contributed by atoms with Gasteiger partial charge in [-0.05, 0) is 17.5 Å². The highest BCUT2D eigenvalue weighted by Gasteiger charge is 2.30. The first-order valence-corrected chi connectivity index (χ1v) is 7.00. The maximum absolute atomic E-state index is 11.9. The summed E-state index contributed by atoms with van der Waals surface area (Å²) in [6, 6.07) is 6.81. The summed E-state index contributed by atoms with van der Waals surface area (Å²) in [7, 11) is -3.84. The molecule has 0 heterocycles. The summed E-state index contributed by atoms with van der Waals surface area (Å²) in [5.74, 6) is -0.702. The van der Waals surface area contributed by atoms with Crippen molar-refractivity contribution in [2.75, 3.05) is 0 Å². The molecule has 0 aliphatic carbocycles. The number of carbonyl (C=O) groups is 1. The zero-order valence-corrected chi connectivity index (χ0v) is 11.5. The molecule has 1 aromatic carbocycles. The van der Waals surface area contributed by atoms with Gasteiger partial charge in [0.05, 0.1) is 10.9 Å². The second-order valence-electron chi connectivity index (χ2n) is 5.13. The molecular weight excluding hydrogens is 252 g/mol. The molecule has 0 spiro atoms. The number of hydrogen-bond acceptors (Lipinski definition) is 4. The van der Waals surface area contributed by atoms with Crippen LogP contribution in [0.15, 0.2) is 35.2 Å². The van der Waals surface area contributed by atoms with Crippen molar-refractivity contribution in [1.29, 1.82) is 0 Å². The molecule has 0 saturated heterocycles. The van der Waals surface area contributed by atoms with Crippen LogP contribution >= 0.6 is 0 Å². The number of carbonyl (C=O) groups excluding carboxylic acids is 1. The molecule has 0 unspecified atom stereocenters. The van der Waals surface area contributed by atoms with Crippen molar-refractivity contribution in [3.63, 3.8) is 0 Å². The molecule has 0 saturated carbocycles. The topological polar surface area (TPSA) is 89.3 Å². The zero-order valence-electron chi connectivity index (χ0n) is 10.7. The highest BCUT2D eigenvalue weighted by atomic mass is 32.2. The first-order chi connectivity index (χ1) is 8.14. The first-order valence-electron chi connectivity index (χ1n) is 5.52. The van der Waals surface area contributed by atoms with E-state index in [-0.39, 0.29) is 4.90 Å². The normalized spacial score (nSPS) is 14.0. The molecule has 1 rings (SSSR count). The molecule has 1 amide bonds. The molecule has 0 aliphatic rings. The van der Waals surface area contributed by atoms with Gasteiger partial charge in [-0.2, -0.15) is 0 Å². The number of rotatable bonds is 3. The monoisotopic (exact) mass is 270 g/mol. The van der Waals surface area contributed by atoms with Crippen LogP contribution in [0.1, 0.15) is 20.8 Å². The van der Waals surface area contributed by atoms with Crippen LogP contribution in [-0.4, -0.2) is 20.4 Å². The molecule has 0 fully saturated rings. The molecule has 6 heteroatoms. The lowest BCUT2D eigenvalue weighted by atomic mass is 9.87. The zero-order chi connectivity index (χ0) is 14.0. The summed E-state index contributed by atoms with van der Waals surface area (Å²) in [6.07, 6.45) is 0. The van der Waals surface area contributed by atoms with E-state index in [1.54, 1.807) is 39.0 Å². The van der Waals surface area contributed by atoms with Gasteiger partial charge in [0.2, 0.25) is 0 Å². The van der Waals surface area contributed by atoms with Crippen molar-refractivity contribution in [1.82, 2.24) is 4.72 Å². The van der Waals surface area contributed by atoms with Crippen LogP contribution in [0, 0.1) is 5.41 Å². The van der Waals surface area contributed by atoms with Gasteiger partial charge in [0.15, 0.2) is 0 Å². The third-order valence-corrected chi connectivity index (χ3v) is 3.87. The fourth-order valence-electron chi connectivity index (χ4n) is 1.25. The van der Waals surface area contributed by atoms with Crippen LogP contribution in [-0.2, 0) is 14.8 Å². The summed E-state index contributed by atoms with van der Waals surface area (Å²) in [5, 5.41) is 0. The quantitative estimate of drug-likeness (QED) is 0.852. The largest absolute Gasteiger partial charge is 0.319 e. The van der Waals surface area contributed by atoms with E-state index in [0.717, 1.165) is 0 Å². The second kappa shape index (κ2) is 5.07. The van der Waals surface area contributed by atoms with Gasteiger partial charge in [-0.3, -0.25) is 4.79 Å². The van der Waals surface area contributed by atoms with Crippen molar-refractivity contribution >= 4 is 15.9 Å². The molecule has 0 aromatic heterocycles. The first kappa shape index (κ1) is 14.7. The van der Waals surface area contributed by atoms with Crippen LogP contribution < -0.4 is 10.5 Å². The average Bonchev–Trinajstić information content (AvgIpc) is 2.27. The van der Waals surface area contributed by atoms with E-state index in [1.165, 1.54) is 12.1 Å². The fraction of sp³-hybridized carbons (Fsp3) is 0.417. The lowest BCUT2D eigenvalue weighted by Gasteiger charge is -2.25. The highest BCUT2D eigenvalue weighted by Crippen LogP contribution is 2.18. The minimum absolute atomic E-state index is 0.0412. The SMILES string of the molecule is CC(C)(C)[C@@H](N)C(=O)NS(=O)(=O)c1ccccc1. The average molecular weight is 270 g/mol. The van der Waals surface area contributed by atoms with Crippen LogP contribution in [0.5, 0.6) is 0 Å². The van der Waals surface area contributed by atoms with Gasteiger partial charge in [0.25, 0.3) is 15.9 Å². The van der Waals surface area contributed by atoms with Crippen LogP contribution in [0.25, 0.3) is 0 Å². The minimum atomic E-state index is -3.84. The predicted octanol–water partition coefficient (Wildman–Crippen LogP) is 0.865. The van der Waals surface area contributed by atoms with Crippen LogP contribution in [0.3, 0.4) is 0 Å². The Balaban J connectivity index is 2.89. The van der Waals surface area contributed by atoms with Crippen molar-refractivity contribution in [3.8, 4) is 0 Å². The number of amides is 1. The minimum Gasteiger partial charge on any atom is -0.319 e. The molecule has 3 N–H and O–H groups in total. The Hall–Kier alpha value is -1.40. The summed E-state index contributed by atoms with van der Waals surface area (Å²) in [6.45, 7) is 5.31. The van der Waals surface area contributed by atoms with Gasteiger partial charge in [-0.25, -0.2) is 13.1 Å². The third-order valence-electron chi connectivity index (χ3n) is 2.50. The summed E-state index contributed by atoms with van der Waals surface area (Å²) >= 11 is 0. The van der Waals surface area contributed by atoms with Gasteiger partial charge in [0, 0.05) is 0 Å². The Morgan fingerprint density at radius 1 is 1.22 bits per heavy atom. The van der Waals surface area contributed by atoms with Crippen molar-refractivity contribution in [2.24, 2.45) is 11.1 Å². The molecule has 0 radical (unpaired) electrons. The van der Waals surface area contributed by atoms with E-state index in [0.29, 0.717) is 0 Å². The van der Waals surface area contributed by atoms with E-state index >= 15 is 0 Å². The Morgan fingerprint density at radius 2 is 1.72 bits per heavy atom. The van der Waals surface area contributed by atoms with E-state index < -0.39 is 27.4 Å². The summed E-state index contributed by atoms with van der Waals surface area (Å²) < 4.78 is 25.8. The predicted molar refractivity (Wildman–Crippen MR) is 69.2 cm³/mol. The molecule has 0 bridgehead atoms. The van der Waals surface area contributed by atoms with Gasteiger partial charge in [-0.15, -0.1) is 0 Å². The van der Waals surface area contributed by atoms with Gasteiger partial charge < -0.3 is 5.73 Å². The molecule has 18 heavy (non-hydrogen) atoms. The van der Waals surface area contributed by atoms with Crippen LogP contribution in [0.4, 0.5) is 0 Å². The maximum Gasteiger partial charge on any atom is 0.264 e. The van der Waals surface area contributed by atoms with Crippen molar-refractivity contribution in [3.05, 3.63) is 30.3 Å². The Bertz CT molecular complexity index is 518. The van der Waals surface area contributed by atoms with E-state index in [4.69, 9.17) is 5.73 Å². The Kier molecular flexibility index (Phi) is 4.13. The van der Waals surface area contributed by atoms with E-state index in [1.807, 2.05) is 4.72 Å². The van der Waals surface area contributed by atoms with Gasteiger partial charge in [0.1, 0.15) is 0 Å². The molecule has 100 valence electrons. The Labute approximate surface area is 107 Å². The standard InChI is InChI=1S/C12H18N2O3S/c1-12(2,3)10(13)11(15)14-18(16,17)9-7-5-4-6-8-9/h4-8,10H,13H2,1-3H3,(H,14,15)/t10-/m0/s1. The second-order valence-corrected chi connectivity index (χ2v) is 6.81. The summed E-state index contributed by atoms with van der Waals surface area (Å²) in [4.78, 5) is 11.8. The molecule has 0 aliphatic heterocycles. The number of nitrogens with two attached hydrogens (primary N) is 1. The molecule has 1 atom stereocenters. The number of hydrogen-bond donors (Lipinski definition) is 2. The number of benzene rings is 1. The van der Waals surface area contributed by atoms with Crippen molar-refractivity contribution < 1.29 is 13.2 Å². The number of sulfonamides is 1. The molecule has 5 nitrogen and oxygen atoms in total. The van der Waals surface area contributed by atoms with Gasteiger partial charge in [-0.1, -0.05) is 39.0 Å². The van der Waals surface area contributed by atoms with E-state index in [9.17, 15) is 13.2 Å². The molecule has 1 aromatic rings. The maximum atomic E-state index is 11.9. The number of nitrogens with one attached hydrogen (secondary N) is 1. The lowest BCUT2D eigenvalue weighted by molar-refractivity contribution is -0.122. The Morgan fingerprint density at radius 3 is 2.17 bits per heavy atom. The lowest BCUT2D eigenvalue weighted by Crippen LogP contribution is -2.50. The fourth-order valence-corrected chi connectivity index (χ4v) is 2.27. The van der Waals surface area contributed by atoms with Crippen molar-refractivity contribution in [2.45, 2.75) is 31.7 Å².